The van der Waals surface area contributed by atoms with E-state index in [0.29, 0.717) is 17.1 Å². The first-order valence-electron chi connectivity index (χ1n) is 7.14. The van der Waals surface area contributed by atoms with E-state index in [1.807, 2.05) is 11.4 Å². The number of H-pyrrole nitrogens is 1. The van der Waals surface area contributed by atoms with Crippen molar-refractivity contribution in [1.82, 2.24) is 20.2 Å². The summed E-state index contributed by atoms with van der Waals surface area (Å²) in [5.41, 5.74) is 0.753. The number of nitrogens with one attached hydrogen (secondary N) is 2. The molecule has 0 spiro atoms. The maximum atomic E-state index is 11.8. The minimum absolute atomic E-state index is 0.0371. The first kappa shape index (κ1) is 15.2. The van der Waals surface area contributed by atoms with Crippen LogP contribution in [0.1, 0.15) is 26.1 Å². The molecule has 0 radical (unpaired) electrons. The van der Waals surface area contributed by atoms with E-state index < -0.39 is 0 Å². The van der Waals surface area contributed by atoms with Crippen molar-refractivity contribution in [2.45, 2.75) is 26.8 Å². The van der Waals surface area contributed by atoms with Crippen molar-refractivity contribution in [3.05, 3.63) is 27.6 Å². The second-order valence-corrected chi connectivity index (χ2v) is 5.62. The fraction of sp³-hybridized carbons (Fsp3) is 0.571. The van der Waals surface area contributed by atoms with Crippen molar-refractivity contribution < 1.29 is 0 Å². The van der Waals surface area contributed by atoms with E-state index in [1.54, 1.807) is 0 Å². The molecule has 0 fully saturated rings. The molecule has 2 N–H and O–H groups in total. The topological polar surface area (TPSA) is 61.0 Å². The molecule has 0 aromatic carbocycles. The maximum Gasteiger partial charge on any atom is 0.268 e. The molecule has 6 heteroatoms. The van der Waals surface area contributed by atoms with Crippen LogP contribution >= 0.6 is 11.3 Å². The summed E-state index contributed by atoms with van der Waals surface area (Å²) in [7, 11) is 0. The third-order valence-corrected chi connectivity index (χ3v) is 4.28. The molecular formula is C14H22N4OS. The van der Waals surface area contributed by atoms with Gasteiger partial charge in [0.1, 0.15) is 10.5 Å². The largest absolute Gasteiger partial charge is 0.310 e. The van der Waals surface area contributed by atoms with Crippen LogP contribution in [-0.4, -0.2) is 41.0 Å². The van der Waals surface area contributed by atoms with Gasteiger partial charge in [0, 0.05) is 0 Å². The van der Waals surface area contributed by atoms with Crippen LogP contribution in [0.25, 0.3) is 10.2 Å². The molecule has 0 atom stereocenters. The molecule has 20 heavy (non-hydrogen) atoms. The monoisotopic (exact) mass is 294 g/mol. The fourth-order valence-corrected chi connectivity index (χ4v) is 2.91. The van der Waals surface area contributed by atoms with E-state index >= 15 is 0 Å². The lowest BCUT2D eigenvalue weighted by molar-refractivity contribution is 0.298. The summed E-state index contributed by atoms with van der Waals surface area (Å²) in [6, 6.07) is 1.89. The highest BCUT2D eigenvalue weighted by Gasteiger charge is 2.04. The third kappa shape index (κ3) is 3.88. The van der Waals surface area contributed by atoms with Crippen LogP contribution in [-0.2, 0) is 6.54 Å². The summed E-state index contributed by atoms with van der Waals surface area (Å²) in [6.45, 7) is 9.21. The van der Waals surface area contributed by atoms with E-state index in [1.165, 1.54) is 11.3 Å². The number of hydrogen-bond donors (Lipinski definition) is 2. The zero-order valence-corrected chi connectivity index (χ0v) is 12.9. The van der Waals surface area contributed by atoms with Crippen LogP contribution in [0.5, 0.6) is 0 Å². The van der Waals surface area contributed by atoms with Gasteiger partial charge in [0.2, 0.25) is 0 Å². The van der Waals surface area contributed by atoms with Crippen LogP contribution in [0.3, 0.4) is 0 Å². The molecule has 0 unspecified atom stereocenters. The van der Waals surface area contributed by atoms with E-state index in [-0.39, 0.29) is 5.56 Å². The zero-order chi connectivity index (χ0) is 14.4. The first-order chi connectivity index (χ1) is 9.74. The van der Waals surface area contributed by atoms with Gasteiger partial charge in [-0.2, -0.15) is 0 Å². The Labute approximate surface area is 123 Å². The normalized spacial score (nSPS) is 11.6. The van der Waals surface area contributed by atoms with Gasteiger partial charge in [0.15, 0.2) is 0 Å². The van der Waals surface area contributed by atoms with Gasteiger partial charge in [-0.3, -0.25) is 4.79 Å². The summed E-state index contributed by atoms with van der Waals surface area (Å²) < 4.78 is 0.704. The maximum absolute atomic E-state index is 11.8. The summed E-state index contributed by atoms with van der Waals surface area (Å²) >= 11 is 1.43. The van der Waals surface area contributed by atoms with Gasteiger partial charge in [-0.05, 0) is 44.0 Å². The molecular weight excluding hydrogens is 272 g/mol. The lowest BCUT2D eigenvalue weighted by Gasteiger charge is -2.17. The highest BCUT2D eigenvalue weighted by Crippen LogP contribution is 2.13. The molecule has 2 heterocycles. The van der Waals surface area contributed by atoms with Crippen LogP contribution in [0.15, 0.2) is 16.2 Å². The van der Waals surface area contributed by atoms with Gasteiger partial charge < -0.3 is 15.2 Å². The molecule has 0 bridgehead atoms. The molecule has 2 aromatic rings. The van der Waals surface area contributed by atoms with Gasteiger partial charge >= 0.3 is 0 Å². The predicted molar refractivity (Wildman–Crippen MR) is 84.4 cm³/mol. The first-order valence-corrected chi connectivity index (χ1v) is 8.02. The average molecular weight is 294 g/mol. The van der Waals surface area contributed by atoms with E-state index in [9.17, 15) is 4.79 Å². The SMILES string of the molecule is CCN(CC)CCCNCc1nc2ccsc2c(=O)[nH]1. The molecule has 5 nitrogen and oxygen atoms in total. The number of rotatable bonds is 8. The summed E-state index contributed by atoms with van der Waals surface area (Å²) in [5.74, 6) is 0.712. The zero-order valence-electron chi connectivity index (χ0n) is 12.1. The van der Waals surface area contributed by atoms with Crippen molar-refractivity contribution in [3.8, 4) is 0 Å². The van der Waals surface area contributed by atoms with Crippen LogP contribution < -0.4 is 10.9 Å². The molecule has 2 rings (SSSR count). The number of hydrogen-bond acceptors (Lipinski definition) is 5. The molecule has 110 valence electrons. The average Bonchev–Trinajstić information content (AvgIpc) is 2.92. The number of aromatic nitrogens is 2. The Morgan fingerprint density at radius 3 is 2.95 bits per heavy atom. The highest BCUT2D eigenvalue weighted by atomic mass is 32.1. The molecule has 0 aliphatic carbocycles. The quantitative estimate of drug-likeness (QED) is 0.729. The van der Waals surface area contributed by atoms with Gasteiger partial charge in [-0.25, -0.2) is 4.98 Å². The van der Waals surface area contributed by atoms with Crippen molar-refractivity contribution in [1.29, 1.82) is 0 Å². The lowest BCUT2D eigenvalue weighted by atomic mass is 10.3. The van der Waals surface area contributed by atoms with Crippen LogP contribution in [0, 0.1) is 0 Å². The van der Waals surface area contributed by atoms with E-state index in [0.717, 1.165) is 38.1 Å². The predicted octanol–water partition coefficient (Wildman–Crippen LogP) is 1.81. The van der Waals surface area contributed by atoms with Gasteiger partial charge in [0.05, 0.1) is 12.1 Å². The van der Waals surface area contributed by atoms with Gasteiger partial charge in [-0.1, -0.05) is 13.8 Å². The Balaban J connectivity index is 1.80. The highest BCUT2D eigenvalue weighted by molar-refractivity contribution is 7.17. The minimum atomic E-state index is -0.0371. The Morgan fingerprint density at radius 2 is 2.20 bits per heavy atom. The molecule has 0 aliphatic rings. The summed E-state index contributed by atoms with van der Waals surface area (Å²) in [6.07, 6.45) is 1.10. The number of aromatic amines is 1. The molecule has 0 aliphatic heterocycles. The summed E-state index contributed by atoms with van der Waals surface area (Å²) in [5, 5.41) is 5.23. The van der Waals surface area contributed by atoms with Gasteiger partial charge in [0.25, 0.3) is 5.56 Å². The molecule has 0 amide bonds. The third-order valence-electron chi connectivity index (χ3n) is 3.38. The van der Waals surface area contributed by atoms with Crippen molar-refractivity contribution in [2.75, 3.05) is 26.2 Å². The van der Waals surface area contributed by atoms with Crippen LogP contribution in [0.4, 0.5) is 0 Å². The Morgan fingerprint density at radius 1 is 1.40 bits per heavy atom. The fourth-order valence-electron chi connectivity index (χ4n) is 2.18. The number of fused-ring (bicyclic) bond motifs is 1. The smallest absolute Gasteiger partial charge is 0.268 e. The Kier molecular flexibility index (Phi) is 5.70. The number of nitrogens with zero attached hydrogens (tertiary/aromatic N) is 2. The number of thiophene rings is 1. The Hall–Kier alpha value is -1.24. The van der Waals surface area contributed by atoms with Gasteiger partial charge in [-0.15, -0.1) is 11.3 Å². The van der Waals surface area contributed by atoms with Crippen molar-refractivity contribution >= 4 is 21.6 Å². The van der Waals surface area contributed by atoms with E-state index in [2.05, 4.69) is 34.0 Å². The molecule has 0 saturated carbocycles. The molecule has 0 saturated heterocycles. The van der Waals surface area contributed by atoms with Crippen LogP contribution in [0.2, 0.25) is 0 Å². The minimum Gasteiger partial charge on any atom is -0.310 e. The Bertz CT molecular complexity index is 588. The molecule has 2 aromatic heterocycles. The summed E-state index contributed by atoms with van der Waals surface area (Å²) in [4.78, 5) is 21.5. The lowest BCUT2D eigenvalue weighted by Crippen LogP contribution is -2.27. The second-order valence-electron chi connectivity index (χ2n) is 4.70. The second kappa shape index (κ2) is 7.52. The standard InChI is InChI=1S/C14H22N4OS/c1-3-18(4-2)8-5-7-15-10-12-16-11-6-9-20-13(11)14(19)17-12/h6,9,15H,3-5,7-8,10H2,1-2H3,(H,16,17,19). The van der Waals surface area contributed by atoms with Crippen molar-refractivity contribution in [3.63, 3.8) is 0 Å². The van der Waals surface area contributed by atoms with E-state index in [4.69, 9.17) is 0 Å². The van der Waals surface area contributed by atoms with Crippen molar-refractivity contribution in [2.24, 2.45) is 0 Å².